The first kappa shape index (κ1) is 22.1. The van der Waals surface area contributed by atoms with Crippen LogP contribution in [0, 0.1) is 0 Å². The molecule has 1 saturated heterocycles. The van der Waals surface area contributed by atoms with Crippen LogP contribution in [0.2, 0.25) is 0 Å². The third-order valence-electron chi connectivity index (χ3n) is 5.77. The molecule has 2 aromatic carbocycles. The maximum Gasteiger partial charge on any atom is 0.259 e. The Balaban J connectivity index is 1.41. The molecule has 3 heterocycles. The number of nitrogens with one attached hydrogen (secondary N) is 2. The highest BCUT2D eigenvalue weighted by atomic mass is 32.2. The van der Waals surface area contributed by atoms with Crippen molar-refractivity contribution in [3.05, 3.63) is 84.3 Å². The summed E-state index contributed by atoms with van der Waals surface area (Å²) in [6, 6.07) is 19.1. The summed E-state index contributed by atoms with van der Waals surface area (Å²) in [6.45, 7) is 1.73. The fraction of sp³-hybridized carbons (Fsp3) is 0.200. The first-order chi connectivity index (χ1) is 16.5. The van der Waals surface area contributed by atoms with Crippen LogP contribution in [0.1, 0.15) is 29.0 Å². The Kier molecular flexibility index (Phi) is 6.04. The molecule has 34 heavy (non-hydrogen) atoms. The normalized spacial score (nSPS) is 13.9. The lowest BCUT2D eigenvalue weighted by atomic mass is 10.1. The number of carbonyl (C=O) groups excluding carboxylic acids is 1. The summed E-state index contributed by atoms with van der Waals surface area (Å²) in [6.07, 6.45) is 3.60. The summed E-state index contributed by atoms with van der Waals surface area (Å²) in [5, 5.41) is 3.72. The molecule has 1 aliphatic heterocycles. The van der Waals surface area contributed by atoms with Gasteiger partial charge in [0.25, 0.3) is 5.91 Å². The van der Waals surface area contributed by atoms with Crippen LogP contribution < -0.4 is 14.9 Å². The highest BCUT2D eigenvalue weighted by Crippen LogP contribution is 2.27. The zero-order chi connectivity index (χ0) is 23.5. The minimum atomic E-state index is -3.79. The van der Waals surface area contributed by atoms with Crippen LogP contribution in [0.4, 0.5) is 11.5 Å². The lowest BCUT2D eigenvalue weighted by Gasteiger charge is -2.20. The Morgan fingerprint density at radius 3 is 2.62 bits per heavy atom. The molecule has 8 nitrogen and oxygen atoms in total. The molecular formula is C25H24N4O4S. The fourth-order valence-corrected chi connectivity index (χ4v) is 5.08. The Morgan fingerprint density at radius 2 is 1.82 bits per heavy atom. The van der Waals surface area contributed by atoms with Crippen LogP contribution in [0.15, 0.2) is 82.3 Å². The number of sulfonamides is 1. The summed E-state index contributed by atoms with van der Waals surface area (Å²) in [7, 11) is -3.79. The van der Waals surface area contributed by atoms with Gasteiger partial charge in [0, 0.05) is 24.2 Å². The summed E-state index contributed by atoms with van der Waals surface area (Å²) in [5.41, 5.74) is 1.67. The molecule has 4 aromatic rings. The number of hydrogen-bond acceptors (Lipinski definition) is 6. The standard InChI is InChI=1S/C25H24N4O4S/c30-25(22-15-18-7-1-2-11-23(18)28-24(22)29-12-3-4-13-29)27-19-8-5-10-21(16-19)34(31,32)26-17-20-9-6-14-33-20/h1-2,5-11,14-16,26H,3-4,12-13,17H2,(H,27,30). The summed E-state index contributed by atoms with van der Waals surface area (Å²) in [5.74, 6) is 0.821. The highest BCUT2D eigenvalue weighted by Gasteiger charge is 2.23. The Bertz CT molecular complexity index is 1430. The number of aromatic nitrogens is 1. The topological polar surface area (TPSA) is 105 Å². The van der Waals surface area contributed by atoms with Gasteiger partial charge in [0.15, 0.2) is 0 Å². The zero-order valence-corrected chi connectivity index (χ0v) is 19.2. The first-order valence-corrected chi connectivity index (χ1v) is 12.6. The van der Waals surface area contributed by atoms with Gasteiger partial charge in [0.1, 0.15) is 11.6 Å². The van der Waals surface area contributed by atoms with Crippen LogP contribution in [0.25, 0.3) is 10.9 Å². The van der Waals surface area contributed by atoms with E-state index in [1.807, 2.05) is 30.3 Å². The van der Waals surface area contributed by atoms with Crippen molar-refractivity contribution in [1.82, 2.24) is 9.71 Å². The fourth-order valence-electron chi connectivity index (χ4n) is 4.04. The summed E-state index contributed by atoms with van der Waals surface area (Å²) in [4.78, 5) is 20.3. The Hall–Kier alpha value is -3.69. The van der Waals surface area contributed by atoms with Crippen molar-refractivity contribution in [2.24, 2.45) is 0 Å². The van der Waals surface area contributed by atoms with Gasteiger partial charge in [0.2, 0.25) is 10.0 Å². The van der Waals surface area contributed by atoms with Gasteiger partial charge in [0.05, 0.1) is 28.8 Å². The van der Waals surface area contributed by atoms with E-state index in [9.17, 15) is 13.2 Å². The highest BCUT2D eigenvalue weighted by molar-refractivity contribution is 7.89. The third kappa shape index (κ3) is 4.66. The van der Waals surface area contributed by atoms with E-state index in [1.165, 1.54) is 18.4 Å². The summed E-state index contributed by atoms with van der Waals surface area (Å²) < 4.78 is 33.1. The first-order valence-electron chi connectivity index (χ1n) is 11.1. The molecular weight excluding hydrogens is 452 g/mol. The largest absolute Gasteiger partial charge is 0.468 e. The van der Waals surface area contributed by atoms with E-state index in [0.717, 1.165) is 36.8 Å². The van der Waals surface area contributed by atoms with E-state index in [4.69, 9.17) is 9.40 Å². The van der Waals surface area contributed by atoms with Crippen molar-refractivity contribution in [3.8, 4) is 0 Å². The van der Waals surface area contributed by atoms with E-state index in [0.29, 0.717) is 22.8 Å². The number of amides is 1. The van der Waals surface area contributed by atoms with Gasteiger partial charge in [-0.1, -0.05) is 24.3 Å². The lowest BCUT2D eigenvalue weighted by molar-refractivity contribution is 0.102. The van der Waals surface area contributed by atoms with Gasteiger partial charge >= 0.3 is 0 Å². The predicted molar refractivity (Wildman–Crippen MR) is 130 cm³/mol. The van der Waals surface area contributed by atoms with Gasteiger partial charge in [-0.05, 0) is 55.3 Å². The number of furan rings is 1. The molecule has 9 heteroatoms. The molecule has 0 aliphatic carbocycles. The zero-order valence-electron chi connectivity index (χ0n) is 18.4. The van der Waals surface area contributed by atoms with Gasteiger partial charge in [-0.15, -0.1) is 0 Å². The molecule has 0 atom stereocenters. The van der Waals surface area contributed by atoms with E-state index in [-0.39, 0.29) is 17.3 Å². The van der Waals surface area contributed by atoms with Crippen LogP contribution in [-0.2, 0) is 16.6 Å². The number of para-hydroxylation sites is 1. The van der Waals surface area contributed by atoms with Crippen molar-refractivity contribution < 1.29 is 17.6 Å². The quantitative estimate of drug-likeness (QED) is 0.415. The lowest BCUT2D eigenvalue weighted by Crippen LogP contribution is -2.25. The Morgan fingerprint density at radius 1 is 1.00 bits per heavy atom. The van der Waals surface area contributed by atoms with Gasteiger partial charge in [-0.25, -0.2) is 18.1 Å². The average molecular weight is 477 g/mol. The van der Waals surface area contributed by atoms with Crippen molar-refractivity contribution >= 4 is 38.3 Å². The van der Waals surface area contributed by atoms with Crippen LogP contribution in [-0.4, -0.2) is 32.4 Å². The molecule has 0 bridgehead atoms. The number of benzene rings is 2. The molecule has 2 N–H and O–H groups in total. The number of anilines is 2. The van der Waals surface area contributed by atoms with E-state index < -0.39 is 10.0 Å². The van der Waals surface area contributed by atoms with Crippen LogP contribution in [0.3, 0.4) is 0 Å². The number of nitrogens with zero attached hydrogens (tertiary/aromatic N) is 2. The second kappa shape index (κ2) is 9.28. The molecule has 174 valence electrons. The number of carbonyl (C=O) groups is 1. The molecule has 0 unspecified atom stereocenters. The average Bonchev–Trinajstić information content (AvgIpc) is 3.57. The minimum Gasteiger partial charge on any atom is -0.468 e. The third-order valence-corrected chi connectivity index (χ3v) is 7.17. The van der Waals surface area contributed by atoms with E-state index >= 15 is 0 Å². The Labute approximate surface area is 197 Å². The molecule has 0 radical (unpaired) electrons. The number of fused-ring (bicyclic) bond motifs is 1. The number of hydrogen-bond donors (Lipinski definition) is 2. The van der Waals surface area contributed by atoms with E-state index in [1.54, 1.807) is 24.3 Å². The van der Waals surface area contributed by atoms with Crippen molar-refractivity contribution in [2.75, 3.05) is 23.3 Å². The maximum atomic E-state index is 13.3. The smallest absolute Gasteiger partial charge is 0.259 e. The maximum absolute atomic E-state index is 13.3. The molecule has 0 spiro atoms. The van der Waals surface area contributed by atoms with E-state index in [2.05, 4.69) is 14.9 Å². The molecule has 1 amide bonds. The molecule has 1 aliphatic rings. The van der Waals surface area contributed by atoms with Crippen molar-refractivity contribution in [3.63, 3.8) is 0 Å². The van der Waals surface area contributed by atoms with Crippen molar-refractivity contribution in [1.29, 1.82) is 0 Å². The summed E-state index contributed by atoms with van der Waals surface area (Å²) >= 11 is 0. The minimum absolute atomic E-state index is 0.0356. The molecule has 2 aromatic heterocycles. The molecule has 5 rings (SSSR count). The molecule has 1 fully saturated rings. The monoisotopic (exact) mass is 476 g/mol. The number of pyridine rings is 1. The van der Waals surface area contributed by atoms with Gasteiger partial charge in [-0.2, -0.15) is 0 Å². The van der Waals surface area contributed by atoms with Crippen LogP contribution in [0.5, 0.6) is 0 Å². The second-order valence-electron chi connectivity index (χ2n) is 8.13. The molecule has 0 saturated carbocycles. The van der Waals surface area contributed by atoms with Gasteiger partial charge < -0.3 is 14.6 Å². The predicted octanol–water partition coefficient (Wildman–Crippen LogP) is 4.16. The van der Waals surface area contributed by atoms with Crippen molar-refractivity contribution in [2.45, 2.75) is 24.3 Å². The van der Waals surface area contributed by atoms with Gasteiger partial charge in [-0.3, -0.25) is 4.79 Å². The SMILES string of the molecule is O=C(Nc1cccc(S(=O)(=O)NCc2ccco2)c1)c1cc2ccccc2nc1N1CCCC1. The number of rotatable bonds is 7. The van der Waals surface area contributed by atoms with Crippen LogP contribution >= 0.6 is 0 Å². The second-order valence-corrected chi connectivity index (χ2v) is 9.90.